The summed E-state index contributed by atoms with van der Waals surface area (Å²) >= 11 is 0. The molecule has 5 nitrogen and oxygen atoms in total. The largest absolute Gasteiger partial charge is 0.390 e. The highest BCUT2D eigenvalue weighted by molar-refractivity contribution is 5.83. The van der Waals surface area contributed by atoms with Gasteiger partial charge < -0.3 is 15.0 Å². The zero-order valence-corrected chi connectivity index (χ0v) is 16.4. The predicted molar refractivity (Wildman–Crippen MR) is 100 cm³/mol. The van der Waals surface area contributed by atoms with E-state index in [9.17, 15) is 9.90 Å². The van der Waals surface area contributed by atoms with Crippen LogP contribution in [0.25, 0.3) is 0 Å². The Morgan fingerprint density at radius 3 is 2.85 bits per heavy atom. The van der Waals surface area contributed by atoms with E-state index in [-0.39, 0.29) is 16.7 Å². The maximum atomic E-state index is 13.3. The Morgan fingerprint density at radius 1 is 1.35 bits per heavy atom. The van der Waals surface area contributed by atoms with Crippen LogP contribution in [0.4, 0.5) is 0 Å². The molecule has 1 aromatic heterocycles. The highest BCUT2D eigenvalue weighted by atomic mass is 16.3. The number of aliphatic hydroxyl groups is 1. The lowest BCUT2D eigenvalue weighted by Crippen LogP contribution is -2.63. The van der Waals surface area contributed by atoms with Gasteiger partial charge in [0, 0.05) is 12.7 Å². The molecular weight excluding hydrogens is 326 g/mol. The van der Waals surface area contributed by atoms with Gasteiger partial charge in [0.25, 0.3) is 0 Å². The van der Waals surface area contributed by atoms with Gasteiger partial charge in [0.15, 0.2) is 0 Å². The first-order valence-electron chi connectivity index (χ1n) is 10.3. The molecular formula is C21H33N3O2. The van der Waals surface area contributed by atoms with Crippen LogP contribution in [0.1, 0.15) is 71.4 Å². The Balaban J connectivity index is 1.49. The Hall–Kier alpha value is -1.36. The van der Waals surface area contributed by atoms with Crippen LogP contribution in [-0.4, -0.2) is 26.2 Å². The number of carbonyl (C=O) groups excluding carboxylic acids is 1. The third-order valence-electron chi connectivity index (χ3n) is 7.18. The molecule has 4 aliphatic carbocycles. The minimum absolute atomic E-state index is 0.148. The van der Waals surface area contributed by atoms with Crippen LogP contribution in [-0.2, 0) is 17.9 Å². The van der Waals surface area contributed by atoms with Crippen molar-refractivity contribution >= 4 is 5.91 Å². The number of aromatic nitrogens is 2. The molecule has 0 aromatic carbocycles. The van der Waals surface area contributed by atoms with Crippen LogP contribution in [0.2, 0.25) is 0 Å². The van der Waals surface area contributed by atoms with Crippen molar-refractivity contribution in [2.45, 2.75) is 84.4 Å². The molecule has 5 heteroatoms. The lowest BCUT2D eigenvalue weighted by atomic mass is 9.42. The molecule has 0 spiro atoms. The lowest BCUT2D eigenvalue weighted by Gasteiger charge is -2.64. The van der Waals surface area contributed by atoms with E-state index in [2.05, 4.69) is 35.6 Å². The number of carbonyl (C=O) groups is 1. The quantitative estimate of drug-likeness (QED) is 0.819. The SMILES string of the molecule is CC[C@@]12C[C@@H]3C[C@@](O)(C1)C[C@@](C(=O)NCc1cncn1CC(C)C)(C3)C2. The maximum Gasteiger partial charge on any atom is 0.226 e. The number of amides is 1. The van der Waals surface area contributed by atoms with E-state index >= 15 is 0 Å². The van der Waals surface area contributed by atoms with Gasteiger partial charge in [-0.05, 0) is 55.8 Å². The van der Waals surface area contributed by atoms with Gasteiger partial charge in [-0.1, -0.05) is 27.2 Å². The number of hydrogen-bond acceptors (Lipinski definition) is 3. The second-order valence-electron chi connectivity index (χ2n) is 9.98. The second-order valence-corrected chi connectivity index (χ2v) is 9.98. The minimum atomic E-state index is -0.619. The number of nitrogens with one attached hydrogen (secondary N) is 1. The van der Waals surface area contributed by atoms with Crippen LogP contribution in [0, 0.1) is 22.7 Å². The molecule has 0 radical (unpaired) electrons. The summed E-state index contributed by atoms with van der Waals surface area (Å²) in [7, 11) is 0. The molecule has 26 heavy (non-hydrogen) atoms. The van der Waals surface area contributed by atoms with Gasteiger partial charge >= 0.3 is 0 Å². The van der Waals surface area contributed by atoms with Gasteiger partial charge in [-0.2, -0.15) is 0 Å². The third kappa shape index (κ3) is 2.98. The van der Waals surface area contributed by atoms with Gasteiger partial charge in [-0.15, -0.1) is 0 Å². The monoisotopic (exact) mass is 359 g/mol. The molecule has 1 aromatic rings. The smallest absolute Gasteiger partial charge is 0.226 e. The normalized spacial score (nSPS) is 38.1. The fourth-order valence-electron chi connectivity index (χ4n) is 6.64. The van der Waals surface area contributed by atoms with Crippen LogP contribution < -0.4 is 5.32 Å². The zero-order valence-electron chi connectivity index (χ0n) is 16.4. The van der Waals surface area contributed by atoms with Crippen molar-refractivity contribution in [2.24, 2.45) is 22.7 Å². The topological polar surface area (TPSA) is 67.2 Å². The van der Waals surface area contributed by atoms with E-state index in [0.717, 1.165) is 44.3 Å². The fourth-order valence-corrected chi connectivity index (χ4v) is 6.64. The maximum absolute atomic E-state index is 13.3. The minimum Gasteiger partial charge on any atom is -0.390 e. The van der Waals surface area contributed by atoms with Crippen molar-refractivity contribution in [2.75, 3.05) is 0 Å². The molecule has 2 N–H and O–H groups in total. The van der Waals surface area contributed by atoms with Gasteiger partial charge in [0.05, 0.1) is 29.6 Å². The molecule has 0 unspecified atom stereocenters. The zero-order chi connectivity index (χ0) is 18.6. The van der Waals surface area contributed by atoms with Gasteiger partial charge in [-0.25, -0.2) is 4.98 Å². The second kappa shape index (κ2) is 6.08. The van der Waals surface area contributed by atoms with Crippen molar-refractivity contribution in [1.29, 1.82) is 0 Å². The van der Waals surface area contributed by atoms with Crippen molar-refractivity contribution in [3.8, 4) is 0 Å². The van der Waals surface area contributed by atoms with Gasteiger partial charge in [-0.3, -0.25) is 4.79 Å². The molecule has 144 valence electrons. The van der Waals surface area contributed by atoms with Crippen LogP contribution >= 0.6 is 0 Å². The van der Waals surface area contributed by atoms with E-state index in [4.69, 9.17) is 0 Å². The summed E-state index contributed by atoms with van der Waals surface area (Å²) < 4.78 is 2.13. The first kappa shape index (κ1) is 18.0. The summed E-state index contributed by atoms with van der Waals surface area (Å²) in [5.41, 5.74) is 0.241. The van der Waals surface area contributed by atoms with Crippen LogP contribution in [0.3, 0.4) is 0 Å². The molecule has 5 rings (SSSR count). The third-order valence-corrected chi connectivity index (χ3v) is 7.18. The van der Waals surface area contributed by atoms with E-state index in [1.165, 1.54) is 6.42 Å². The molecule has 4 aliphatic rings. The molecule has 4 saturated carbocycles. The molecule has 0 saturated heterocycles. The predicted octanol–water partition coefficient (Wildman–Crippen LogP) is 3.27. The summed E-state index contributed by atoms with van der Waals surface area (Å²) in [6, 6.07) is 0. The molecule has 4 bridgehead atoms. The number of nitrogens with zero attached hydrogens (tertiary/aromatic N) is 2. The molecule has 0 aliphatic heterocycles. The standard InChI is InChI=1S/C21H33N3O2/c1-4-19-5-16-6-20(11-19,13-21(26,7-16)12-19)18(25)23-9-17-8-22-14-24(17)10-15(2)3/h8,14-16,26H,4-7,9-13H2,1-3H3,(H,23,25)/t16-,19-,20+,21+/m0/s1. The summed E-state index contributed by atoms with van der Waals surface area (Å²) in [4.78, 5) is 17.5. The van der Waals surface area contributed by atoms with E-state index < -0.39 is 5.60 Å². The van der Waals surface area contributed by atoms with Crippen molar-refractivity contribution in [1.82, 2.24) is 14.9 Å². The summed E-state index contributed by atoms with van der Waals surface area (Å²) in [5.74, 6) is 1.20. The van der Waals surface area contributed by atoms with Crippen molar-refractivity contribution < 1.29 is 9.90 Å². The molecule has 1 heterocycles. The summed E-state index contributed by atoms with van der Waals surface area (Å²) in [6.45, 7) is 8.03. The summed E-state index contributed by atoms with van der Waals surface area (Å²) in [5, 5.41) is 14.3. The average Bonchev–Trinajstić information content (AvgIpc) is 2.96. The Morgan fingerprint density at radius 2 is 2.15 bits per heavy atom. The molecule has 4 fully saturated rings. The van der Waals surface area contributed by atoms with Crippen LogP contribution in [0.5, 0.6) is 0 Å². The van der Waals surface area contributed by atoms with Gasteiger partial charge in [0.1, 0.15) is 0 Å². The van der Waals surface area contributed by atoms with Crippen LogP contribution in [0.15, 0.2) is 12.5 Å². The Bertz CT molecular complexity index is 699. The number of rotatable bonds is 6. The summed E-state index contributed by atoms with van der Waals surface area (Å²) in [6.07, 6.45) is 10.3. The molecule has 1 amide bonds. The lowest BCUT2D eigenvalue weighted by molar-refractivity contribution is -0.204. The van der Waals surface area contributed by atoms with E-state index in [1.807, 2.05) is 12.5 Å². The van der Waals surface area contributed by atoms with E-state index in [1.54, 1.807) is 0 Å². The number of imidazole rings is 1. The first-order chi connectivity index (χ1) is 12.3. The van der Waals surface area contributed by atoms with E-state index in [0.29, 0.717) is 24.8 Å². The highest BCUT2D eigenvalue weighted by Crippen LogP contribution is 2.67. The fraction of sp³-hybridized carbons (Fsp3) is 0.810. The van der Waals surface area contributed by atoms with Crippen molar-refractivity contribution in [3.05, 3.63) is 18.2 Å². The van der Waals surface area contributed by atoms with Gasteiger partial charge in [0.2, 0.25) is 5.91 Å². The molecule has 4 atom stereocenters. The average molecular weight is 360 g/mol. The first-order valence-corrected chi connectivity index (χ1v) is 10.3. The number of hydrogen-bond donors (Lipinski definition) is 2. The highest BCUT2D eigenvalue weighted by Gasteiger charge is 2.64. The van der Waals surface area contributed by atoms with Crippen molar-refractivity contribution in [3.63, 3.8) is 0 Å². The Labute approximate surface area is 156 Å². The Kier molecular flexibility index (Phi) is 4.22.